The Labute approximate surface area is 84.5 Å². The standard InChI is InChI=1S/C9H24N3Si/c1-7(2)10-13(11-8(3)4)12-9(5)6/h7-12H,1-6H3. The molecule has 0 aromatic heterocycles. The number of nitrogens with one attached hydrogen (secondary N) is 3. The molecule has 0 rings (SSSR count). The molecule has 0 aromatic carbocycles. The lowest BCUT2D eigenvalue weighted by Gasteiger charge is -2.24. The molecule has 3 N–H and O–H groups in total. The average molecular weight is 202 g/mol. The molecule has 0 bridgehead atoms. The molecule has 0 aliphatic carbocycles. The van der Waals surface area contributed by atoms with Crippen molar-refractivity contribution in [1.82, 2.24) is 14.9 Å². The zero-order valence-electron chi connectivity index (χ0n) is 9.73. The summed E-state index contributed by atoms with van der Waals surface area (Å²) in [5.41, 5.74) is 0. The van der Waals surface area contributed by atoms with Gasteiger partial charge in [-0.05, 0) is 18.1 Å². The molecule has 3 nitrogen and oxygen atoms in total. The van der Waals surface area contributed by atoms with Crippen molar-refractivity contribution in [2.45, 2.75) is 59.7 Å². The van der Waals surface area contributed by atoms with Crippen LogP contribution >= 0.6 is 0 Å². The van der Waals surface area contributed by atoms with Crippen LogP contribution in [0.4, 0.5) is 0 Å². The van der Waals surface area contributed by atoms with E-state index in [0.717, 1.165) is 0 Å². The molecular weight excluding hydrogens is 178 g/mol. The highest BCUT2D eigenvalue weighted by molar-refractivity contribution is 6.50. The summed E-state index contributed by atoms with van der Waals surface area (Å²) < 4.78 is 0. The van der Waals surface area contributed by atoms with Crippen molar-refractivity contribution in [2.75, 3.05) is 0 Å². The van der Waals surface area contributed by atoms with E-state index in [2.05, 4.69) is 56.5 Å². The van der Waals surface area contributed by atoms with Gasteiger partial charge < -0.3 is 14.9 Å². The Morgan fingerprint density at radius 3 is 1.00 bits per heavy atom. The fourth-order valence-corrected chi connectivity index (χ4v) is 2.97. The lowest BCUT2D eigenvalue weighted by molar-refractivity contribution is 0.628. The molecule has 1 radical (unpaired) electrons. The largest absolute Gasteiger partial charge is 0.319 e. The van der Waals surface area contributed by atoms with Gasteiger partial charge in [0.05, 0.1) is 0 Å². The van der Waals surface area contributed by atoms with Crippen molar-refractivity contribution >= 4 is 9.28 Å². The van der Waals surface area contributed by atoms with Crippen LogP contribution in [0.3, 0.4) is 0 Å². The quantitative estimate of drug-likeness (QED) is 0.562. The van der Waals surface area contributed by atoms with Gasteiger partial charge in [0.25, 0.3) is 0 Å². The van der Waals surface area contributed by atoms with E-state index in [1.165, 1.54) is 0 Å². The van der Waals surface area contributed by atoms with Crippen molar-refractivity contribution in [1.29, 1.82) is 0 Å². The SMILES string of the molecule is CC(C)N[Si](NC(C)C)NC(C)C. The van der Waals surface area contributed by atoms with Crippen molar-refractivity contribution < 1.29 is 0 Å². The van der Waals surface area contributed by atoms with Crippen LogP contribution < -0.4 is 14.9 Å². The van der Waals surface area contributed by atoms with Crippen molar-refractivity contribution in [3.63, 3.8) is 0 Å². The minimum absolute atomic E-state index is 0.534. The molecule has 13 heavy (non-hydrogen) atoms. The van der Waals surface area contributed by atoms with Crippen molar-refractivity contribution in [3.05, 3.63) is 0 Å². The van der Waals surface area contributed by atoms with E-state index in [0.29, 0.717) is 18.1 Å². The topological polar surface area (TPSA) is 36.1 Å². The van der Waals surface area contributed by atoms with Crippen LogP contribution in [0.5, 0.6) is 0 Å². The van der Waals surface area contributed by atoms with Crippen LogP contribution in [0.15, 0.2) is 0 Å². The van der Waals surface area contributed by atoms with E-state index >= 15 is 0 Å². The highest BCUT2D eigenvalue weighted by Crippen LogP contribution is 1.84. The molecule has 0 unspecified atom stereocenters. The highest BCUT2D eigenvalue weighted by atomic mass is 28.3. The summed E-state index contributed by atoms with van der Waals surface area (Å²) in [5.74, 6) is 0. The second-order valence-corrected chi connectivity index (χ2v) is 5.89. The molecule has 4 heteroatoms. The van der Waals surface area contributed by atoms with Gasteiger partial charge >= 0.3 is 9.28 Å². The summed E-state index contributed by atoms with van der Waals surface area (Å²) in [7, 11) is -0.793. The third-order valence-electron chi connectivity index (χ3n) is 1.30. The number of hydrogen-bond acceptors (Lipinski definition) is 3. The second kappa shape index (κ2) is 6.54. The van der Waals surface area contributed by atoms with Crippen LogP contribution in [0.25, 0.3) is 0 Å². The maximum Gasteiger partial charge on any atom is 0.319 e. The van der Waals surface area contributed by atoms with Crippen LogP contribution in [-0.4, -0.2) is 27.4 Å². The van der Waals surface area contributed by atoms with Crippen molar-refractivity contribution in [2.24, 2.45) is 0 Å². The fourth-order valence-electron chi connectivity index (χ4n) is 0.991. The van der Waals surface area contributed by atoms with Gasteiger partial charge in [0.2, 0.25) is 0 Å². The molecule has 0 aliphatic heterocycles. The zero-order chi connectivity index (χ0) is 10.4. The molecule has 0 amide bonds. The molecule has 0 aromatic rings. The normalized spacial score (nSPS) is 12.5. The zero-order valence-corrected chi connectivity index (χ0v) is 10.7. The first-order chi connectivity index (χ1) is 5.91. The molecule has 0 heterocycles. The smallest absolute Gasteiger partial charge is 0.310 e. The average Bonchev–Trinajstić information content (AvgIpc) is 1.80. The van der Waals surface area contributed by atoms with Crippen LogP contribution in [-0.2, 0) is 0 Å². The number of hydrogen-bond donors (Lipinski definition) is 3. The third-order valence-corrected chi connectivity index (χ3v) is 3.90. The lowest BCUT2D eigenvalue weighted by Crippen LogP contribution is -2.63. The Balaban J connectivity index is 3.87. The Kier molecular flexibility index (Phi) is 6.58. The van der Waals surface area contributed by atoms with E-state index in [1.807, 2.05) is 0 Å². The Morgan fingerprint density at radius 2 is 0.846 bits per heavy atom. The van der Waals surface area contributed by atoms with E-state index in [9.17, 15) is 0 Å². The van der Waals surface area contributed by atoms with Crippen molar-refractivity contribution in [3.8, 4) is 0 Å². The predicted octanol–water partition coefficient (Wildman–Crippen LogP) is 0.965. The summed E-state index contributed by atoms with van der Waals surface area (Å²) in [6, 6.07) is 1.60. The first-order valence-electron chi connectivity index (χ1n) is 5.08. The second-order valence-electron chi connectivity index (χ2n) is 4.27. The van der Waals surface area contributed by atoms with E-state index in [4.69, 9.17) is 0 Å². The van der Waals surface area contributed by atoms with Crippen LogP contribution in [0.1, 0.15) is 41.5 Å². The summed E-state index contributed by atoms with van der Waals surface area (Å²) in [4.78, 5) is 10.6. The van der Waals surface area contributed by atoms with E-state index < -0.39 is 9.28 Å². The molecule has 0 atom stereocenters. The van der Waals surface area contributed by atoms with Gasteiger partial charge in [-0.1, -0.05) is 41.5 Å². The Hall–Kier alpha value is 0.0969. The highest BCUT2D eigenvalue weighted by Gasteiger charge is 2.15. The molecular formula is C9H24N3Si. The maximum atomic E-state index is 3.52. The lowest BCUT2D eigenvalue weighted by atomic mass is 10.4. The van der Waals surface area contributed by atoms with E-state index in [-0.39, 0.29) is 0 Å². The first-order valence-corrected chi connectivity index (χ1v) is 6.58. The molecule has 0 aliphatic rings. The van der Waals surface area contributed by atoms with Gasteiger partial charge in [-0.3, -0.25) is 0 Å². The van der Waals surface area contributed by atoms with Gasteiger partial charge in [-0.25, -0.2) is 0 Å². The van der Waals surface area contributed by atoms with Gasteiger partial charge in [-0.15, -0.1) is 0 Å². The number of rotatable bonds is 6. The first kappa shape index (κ1) is 13.1. The Bertz CT molecular complexity index is 102. The minimum Gasteiger partial charge on any atom is -0.310 e. The van der Waals surface area contributed by atoms with Crippen LogP contribution in [0.2, 0.25) is 0 Å². The van der Waals surface area contributed by atoms with Crippen LogP contribution in [0, 0.1) is 0 Å². The summed E-state index contributed by atoms with van der Waals surface area (Å²) in [6.07, 6.45) is 0. The van der Waals surface area contributed by atoms with Gasteiger partial charge in [0, 0.05) is 0 Å². The minimum atomic E-state index is -0.793. The van der Waals surface area contributed by atoms with Gasteiger partial charge in [-0.2, -0.15) is 0 Å². The predicted molar refractivity (Wildman–Crippen MR) is 60.6 cm³/mol. The summed E-state index contributed by atoms with van der Waals surface area (Å²) in [6.45, 7) is 13.1. The molecule has 0 spiro atoms. The third kappa shape index (κ3) is 8.43. The van der Waals surface area contributed by atoms with Gasteiger partial charge in [0.15, 0.2) is 0 Å². The maximum absolute atomic E-state index is 3.52. The summed E-state index contributed by atoms with van der Waals surface area (Å²) in [5, 5.41) is 0. The van der Waals surface area contributed by atoms with E-state index in [1.54, 1.807) is 0 Å². The monoisotopic (exact) mass is 202 g/mol. The van der Waals surface area contributed by atoms with Gasteiger partial charge in [0.1, 0.15) is 0 Å². The summed E-state index contributed by atoms with van der Waals surface area (Å²) >= 11 is 0. The Morgan fingerprint density at radius 1 is 0.615 bits per heavy atom. The molecule has 79 valence electrons. The molecule has 0 saturated carbocycles. The fraction of sp³-hybridized carbons (Fsp3) is 1.00. The molecule has 0 fully saturated rings. The molecule has 0 saturated heterocycles.